The van der Waals surface area contributed by atoms with Gasteiger partial charge in [-0.15, -0.1) is 0 Å². The summed E-state index contributed by atoms with van der Waals surface area (Å²) in [7, 11) is 0. The lowest BCUT2D eigenvalue weighted by Gasteiger charge is -1.72. The summed E-state index contributed by atoms with van der Waals surface area (Å²) in [5, 5.41) is 0. The van der Waals surface area contributed by atoms with E-state index in [0.717, 1.165) is 6.42 Å². The maximum Gasteiger partial charge on any atom is 0.215 e. The van der Waals surface area contributed by atoms with Gasteiger partial charge in [-0.1, -0.05) is 6.92 Å². The third-order valence-corrected chi connectivity index (χ3v) is 0.697. The highest BCUT2D eigenvalue weighted by molar-refractivity contribution is 4.62. The molecule has 34 valence electrons. The summed E-state index contributed by atoms with van der Waals surface area (Å²) >= 11 is 0. The third-order valence-electron chi connectivity index (χ3n) is 0.697. The van der Waals surface area contributed by atoms with E-state index in [1.54, 1.807) is 0 Å². The zero-order chi connectivity index (χ0) is 4.83. The molecule has 0 aromatic carbocycles. The minimum Gasteiger partial charge on any atom is -0.0613 e. The second-order valence-electron chi connectivity index (χ2n) is 1.37. The topological polar surface area (TPSA) is 0 Å². The van der Waals surface area contributed by atoms with Crippen LogP contribution in [0.15, 0.2) is 0 Å². The van der Waals surface area contributed by atoms with Crippen LogP contribution >= 0.6 is 0 Å². The summed E-state index contributed by atoms with van der Waals surface area (Å²) in [6, 6.07) is 0. The van der Waals surface area contributed by atoms with E-state index >= 15 is 0 Å². The fourth-order valence-electron chi connectivity index (χ4n) is 0.348. The van der Waals surface area contributed by atoms with Crippen LogP contribution in [0.1, 0.15) is 26.2 Å². The first-order valence-electron chi connectivity index (χ1n) is 2.52. The summed E-state index contributed by atoms with van der Waals surface area (Å²) in [5.41, 5.74) is 0. The van der Waals surface area contributed by atoms with Gasteiger partial charge in [0, 0.05) is 0 Å². The summed E-state index contributed by atoms with van der Waals surface area (Å²) in [4.78, 5) is 0. The first-order chi connectivity index (χ1) is 2.91. The van der Waals surface area contributed by atoms with Crippen LogP contribution in [0.5, 0.6) is 0 Å². The van der Waals surface area contributed by atoms with E-state index in [0.29, 0.717) is 0 Å². The first kappa shape index (κ1) is 5.74. The lowest BCUT2D eigenvalue weighted by molar-refractivity contribution is 0.873. The molecule has 0 unspecified atom stereocenters. The highest BCUT2D eigenvalue weighted by atomic mass is 13.8. The zero-order valence-electron chi connectivity index (χ0n) is 4.41. The monoisotopic (exact) mass is 84.1 g/mol. The Morgan fingerprint density at radius 1 is 1.67 bits per heavy atom. The van der Waals surface area contributed by atoms with Gasteiger partial charge in [0.15, 0.2) is 0 Å². The molecule has 0 bridgehead atoms. The Morgan fingerprint density at radius 2 is 2.33 bits per heavy atom. The van der Waals surface area contributed by atoms with E-state index in [4.69, 9.17) is 0 Å². The van der Waals surface area contributed by atoms with Gasteiger partial charge in [0.2, 0.25) is 6.42 Å². The zero-order valence-corrected chi connectivity index (χ0v) is 4.41. The Bertz CT molecular complexity index is 12.0. The van der Waals surface area contributed by atoms with E-state index in [9.17, 15) is 0 Å². The van der Waals surface area contributed by atoms with Crippen molar-refractivity contribution < 1.29 is 0 Å². The molecule has 0 N–H and O–H groups in total. The van der Waals surface area contributed by atoms with Gasteiger partial charge < -0.3 is 0 Å². The lowest BCUT2D eigenvalue weighted by Crippen LogP contribution is -1.68. The van der Waals surface area contributed by atoms with Crippen LogP contribution < -0.4 is 0 Å². The maximum absolute atomic E-state index is 3.67. The Labute approximate surface area is 40.6 Å². The molecule has 0 aliphatic rings. The minimum atomic E-state index is 0.980. The Kier molecular flexibility index (Phi) is 4.53. The molecule has 0 aromatic heterocycles. The van der Waals surface area contributed by atoms with Gasteiger partial charge in [-0.05, 0) is 6.42 Å². The molecular weight excluding hydrogens is 72.1 g/mol. The van der Waals surface area contributed by atoms with Crippen LogP contribution in [0.3, 0.4) is 0 Å². The van der Waals surface area contributed by atoms with Gasteiger partial charge in [0.05, 0.1) is 6.42 Å². The van der Waals surface area contributed by atoms with E-state index in [1.165, 1.54) is 12.8 Å². The largest absolute Gasteiger partial charge is 0.215 e. The van der Waals surface area contributed by atoms with Gasteiger partial charge in [-0.2, -0.15) is 0 Å². The number of rotatable bonds is 3. The lowest BCUT2D eigenvalue weighted by atomic mass is 10.2. The van der Waals surface area contributed by atoms with E-state index in [1.807, 2.05) is 0 Å². The molecule has 6 heavy (non-hydrogen) atoms. The molecular formula is C6H12+2. The highest BCUT2D eigenvalue weighted by Crippen LogP contribution is 1.93. The van der Waals surface area contributed by atoms with Gasteiger partial charge in [-0.25, -0.2) is 0 Å². The van der Waals surface area contributed by atoms with Crippen LogP contribution in [0.4, 0.5) is 0 Å². The SMILES string of the molecule is [CH2+]C[CH+]CCC. The minimum absolute atomic E-state index is 0.980. The molecule has 0 amide bonds. The van der Waals surface area contributed by atoms with Gasteiger partial charge in [-0.3, -0.25) is 0 Å². The van der Waals surface area contributed by atoms with Crippen molar-refractivity contribution in [3.8, 4) is 0 Å². The van der Waals surface area contributed by atoms with Crippen molar-refractivity contribution in [2.24, 2.45) is 0 Å². The fraction of sp³-hybridized carbons (Fsp3) is 0.667. The van der Waals surface area contributed by atoms with Crippen molar-refractivity contribution in [3.05, 3.63) is 13.3 Å². The molecule has 0 spiro atoms. The van der Waals surface area contributed by atoms with Crippen molar-refractivity contribution in [1.29, 1.82) is 0 Å². The van der Waals surface area contributed by atoms with Gasteiger partial charge in [0.25, 0.3) is 0 Å². The number of unbranched alkanes of at least 4 members (excludes halogenated alkanes) is 3. The molecule has 0 rings (SSSR count). The molecule has 0 atom stereocenters. The molecule has 0 fully saturated rings. The summed E-state index contributed by atoms with van der Waals surface area (Å²) in [5.74, 6) is 0. The predicted octanol–water partition coefficient (Wildman–Crippen LogP) is 2.21. The van der Waals surface area contributed by atoms with E-state index in [-0.39, 0.29) is 0 Å². The second-order valence-corrected chi connectivity index (χ2v) is 1.37. The smallest absolute Gasteiger partial charge is 0.0613 e. The Hall–Kier alpha value is -0.260. The van der Waals surface area contributed by atoms with Crippen molar-refractivity contribution in [2.45, 2.75) is 26.2 Å². The quantitative estimate of drug-likeness (QED) is 0.363. The fourth-order valence-corrected chi connectivity index (χ4v) is 0.348. The Morgan fingerprint density at radius 3 is 2.50 bits per heavy atom. The van der Waals surface area contributed by atoms with Crippen LogP contribution in [0, 0.1) is 13.3 Å². The normalized spacial score (nSPS) is 8.17. The van der Waals surface area contributed by atoms with Crippen LogP contribution in [-0.2, 0) is 0 Å². The van der Waals surface area contributed by atoms with Crippen molar-refractivity contribution in [2.75, 3.05) is 0 Å². The van der Waals surface area contributed by atoms with Gasteiger partial charge in [0.1, 0.15) is 13.3 Å². The molecule has 0 aliphatic carbocycles. The molecule has 0 heteroatoms. The van der Waals surface area contributed by atoms with Crippen molar-refractivity contribution in [1.82, 2.24) is 0 Å². The van der Waals surface area contributed by atoms with Crippen molar-refractivity contribution >= 4 is 0 Å². The molecule has 0 saturated heterocycles. The first-order valence-corrected chi connectivity index (χ1v) is 2.52. The molecule has 0 nitrogen and oxygen atoms in total. The average Bonchev–Trinajstić information content (AvgIpc) is 1.61. The summed E-state index contributed by atoms with van der Waals surface area (Å²) in [6.07, 6.45) is 5.66. The van der Waals surface area contributed by atoms with Crippen LogP contribution in [-0.4, -0.2) is 0 Å². The highest BCUT2D eigenvalue weighted by Gasteiger charge is 1.91. The molecule has 0 heterocycles. The molecule has 0 radical (unpaired) electrons. The Balaban J connectivity index is 2.34. The van der Waals surface area contributed by atoms with Crippen LogP contribution in [0.25, 0.3) is 0 Å². The van der Waals surface area contributed by atoms with Gasteiger partial charge >= 0.3 is 0 Å². The average molecular weight is 84.2 g/mol. The second kappa shape index (κ2) is 4.74. The standard InChI is InChI=1S/C6H12/c1-3-5-6-4-2/h5H,1,3-4,6H2,2H3/q+2. The molecule has 0 aromatic rings. The molecule has 0 saturated carbocycles. The molecule has 0 aliphatic heterocycles. The third kappa shape index (κ3) is 3.74. The van der Waals surface area contributed by atoms with E-state index in [2.05, 4.69) is 20.3 Å². The van der Waals surface area contributed by atoms with E-state index < -0.39 is 0 Å². The van der Waals surface area contributed by atoms with Crippen molar-refractivity contribution in [3.63, 3.8) is 0 Å². The predicted molar refractivity (Wildman–Crippen MR) is 29.2 cm³/mol. The number of hydrogen-bond acceptors (Lipinski definition) is 0. The number of hydrogen-bond donors (Lipinski definition) is 0. The summed E-state index contributed by atoms with van der Waals surface area (Å²) in [6.45, 7) is 5.84. The van der Waals surface area contributed by atoms with Crippen LogP contribution in [0.2, 0.25) is 0 Å². The summed E-state index contributed by atoms with van der Waals surface area (Å²) < 4.78 is 0. The maximum atomic E-state index is 3.67.